The zero-order valence-electron chi connectivity index (χ0n) is 11.3. The highest BCUT2D eigenvalue weighted by molar-refractivity contribution is 7.89. The monoisotopic (exact) mass is 327 g/mol. The highest BCUT2D eigenvalue weighted by Crippen LogP contribution is 2.25. The number of nitrogen functional groups attached to an aromatic ring is 1. The van der Waals surface area contributed by atoms with Crippen LogP contribution in [0.25, 0.3) is 4.96 Å². The number of imidazole rings is 1. The minimum absolute atomic E-state index is 0.0369. The number of aryl methyl sites for hydroxylation is 1. The fourth-order valence-electron chi connectivity index (χ4n) is 1.96. The number of aromatic nitrogens is 3. The Labute approximate surface area is 124 Å². The lowest BCUT2D eigenvalue weighted by atomic mass is 10.4. The van der Waals surface area contributed by atoms with Gasteiger partial charge in [-0.3, -0.25) is 4.40 Å². The molecule has 8 nitrogen and oxygen atoms in total. The van der Waals surface area contributed by atoms with E-state index < -0.39 is 16.1 Å². The quantitative estimate of drug-likeness (QED) is 0.746. The molecule has 112 valence electrons. The molecule has 0 aromatic carbocycles. The van der Waals surface area contributed by atoms with Crippen LogP contribution in [0.4, 0.5) is 5.82 Å². The van der Waals surface area contributed by atoms with Crippen molar-refractivity contribution in [3.05, 3.63) is 29.4 Å². The van der Waals surface area contributed by atoms with Crippen molar-refractivity contribution in [1.82, 2.24) is 19.1 Å². The molecule has 0 aliphatic carbocycles. The molecule has 3 aromatic rings. The van der Waals surface area contributed by atoms with Crippen molar-refractivity contribution in [2.24, 2.45) is 0 Å². The van der Waals surface area contributed by atoms with Gasteiger partial charge in [0, 0.05) is 11.6 Å². The molecule has 0 saturated heterocycles. The van der Waals surface area contributed by atoms with E-state index >= 15 is 0 Å². The maximum absolute atomic E-state index is 12.5. The lowest BCUT2D eigenvalue weighted by Gasteiger charge is -2.10. The first-order chi connectivity index (χ1) is 9.88. The van der Waals surface area contributed by atoms with Gasteiger partial charge in [-0.1, -0.05) is 0 Å². The molecular weight excluding hydrogens is 314 g/mol. The first-order valence-corrected chi connectivity index (χ1v) is 8.40. The summed E-state index contributed by atoms with van der Waals surface area (Å²) in [5.41, 5.74) is 5.72. The van der Waals surface area contributed by atoms with Crippen LogP contribution in [0.2, 0.25) is 0 Å². The van der Waals surface area contributed by atoms with Crippen molar-refractivity contribution < 1.29 is 12.8 Å². The Bertz CT molecular complexity index is 892. The number of rotatable bonds is 4. The van der Waals surface area contributed by atoms with E-state index in [1.54, 1.807) is 25.4 Å². The summed E-state index contributed by atoms with van der Waals surface area (Å²) in [6.07, 6.45) is 3.14. The van der Waals surface area contributed by atoms with E-state index in [4.69, 9.17) is 10.2 Å². The fraction of sp³-hybridized carbons (Fsp3) is 0.273. The molecule has 3 heterocycles. The standard InChI is InChI=1S/C11H13N5O3S2/c1-6-5-13-9(19-6)7(2)15-21(17,18)10-8(12)14-11-16(10)3-4-20-11/h3-5,7,15H,12H2,1-2H3. The molecule has 0 spiro atoms. The van der Waals surface area contributed by atoms with Crippen LogP contribution in [0.1, 0.15) is 24.6 Å². The minimum atomic E-state index is -3.85. The van der Waals surface area contributed by atoms with Gasteiger partial charge >= 0.3 is 0 Å². The van der Waals surface area contributed by atoms with Crippen molar-refractivity contribution >= 4 is 32.1 Å². The summed E-state index contributed by atoms with van der Waals surface area (Å²) in [6.45, 7) is 3.38. The summed E-state index contributed by atoms with van der Waals surface area (Å²) in [5, 5.41) is 1.66. The molecule has 0 amide bonds. The maximum Gasteiger partial charge on any atom is 0.261 e. The number of oxazole rings is 1. The van der Waals surface area contributed by atoms with E-state index in [0.717, 1.165) is 0 Å². The summed E-state index contributed by atoms with van der Waals surface area (Å²) in [5.74, 6) is 0.867. The molecule has 0 aliphatic rings. The SMILES string of the molecule is Cc1cnc(C(C)NS(=O)(=O)c2c(N)nc3sccn23)o1. The summed E-state index contributed by atoms with van der Waals surface area (Å²) < 4.78 is 34.3. The van der Waals surface area contributed by atoms with Crippen LogP contribution in [-0.4, -0.2) is 22.8 Å². The number of hydrogen-bond donors (Lipinski definition) is 2. The van der Waals surface area contributed by atoms with Gasteiger partial charge in [-0.15, -0.1) is 11.3 Å². The van der Waals surface area contributed by atoms with Crippen molar-refractivity contribution in [3.63, 3.8) is 0 Å². The third-order valence-electron chi connectivity index (χ3n) is 2.84. The second-order valence-electron chi connectivity index (χ2n) is 4.51. The predicted octanol–water partition coefficient (Wildman–Crippen LogP) is 1.31. The van der Waals surface area contributed by atoms with Gasteiger partial charge in [-0.2, -0.15) is 4.72 Å². The zero-order chi connectivity index (χ0) is 15.2. The second kappa shape index (κ2) is 4.83. The summed E-state index contributed by atoms with van der Waals surface area (Å²) in [7, 11) is -3.85. The molecule has 0 radical (unpaired) electrons. The minimum Gasteiger partial charge on any atom is -0.444 e. The molecule has 21 heavy (non-hydrogen) atoms. The third-order valence-corrected chi connectivity index (χ3v) is 5.17. The number of thiazole rings is 1. The summed E-state index contributed by atoms with van der Waals surface area (Å²) in [4.78, 5) is 8.56. The molecule has 0 fully saturated rings. The summed E-state index contributed by atoms with van der Waals surface area (Å²) in [6, 6.07) is -0.618. The molecule has 3 rings (SSSR count). The van der Waals surface area contributed by atoms with Crippen LogP contribution in [0.3, 0.4) is 0 Å². The molecular formula is C11H13N5O3S2. The maximum atomic E-state index is 12.5. The average Bonchev–Trinajstić information content (AvgIpc) is 3.03. The number of fused-ring (bicyclic) bond motifs is 1. The van der Waals surface area contributed by atoms with E-state index in [1.807, 2.05) is 0 Å². The molecule has 1 unspecified atom stereocenters. The Balaban J connectivity index is 1.97. The van der Waals surface area contributed by atoms with E-state index in [9.17, 15) is 8.42 Å². The van der Waals surface area contributed by atoms with Gasteiger partial charge in [0.2, 0.25) is 5.89 Å². The fourth-order valence-corrected chi connectivity index (χ4v) is 4.14. The Hall–Kier alpha value is -1.91. The third kappa shape index (κ3) is 2.41. The van der Waals surface area contributed by atoms with Crippen molar-refractivity contribution in [1.29, 1.82) is 0 Å². The normalized spacial score (nSPS) is 13.8. The second-order valence-corrected chi connectivity index (χ2v) is 7.01. The number of anilines is 1. The van der Waals surface area contributed by atoms with Gasteiger partial charge in [0.05, 0.1) is 12.2 Å². The van der Waals surface area contributed by atoms with Gasteiger partial charge in [-0.25, -0.2) is 18.4 Å². The van der Waals surface area contributed by atoms with E-state index in [1.165, 1.54) is 21.9 Å². The molecule has 10 heteroatoms. The van der Waals surface area contributed by atoms with Gasteiger partial charge in [0.25, 0.3) is 10.0 Å². The number of sulfonamides is 1. The van der Waals surface area contributed by atoms with Crippen LogP contribution in [-0.2, 0) is 10.0 Å². The van der Waals surface area contributed by atoms with E-state index in [0.29, 0.717) is 16.6 Å². The summed E-state index contributed by atoms with van der Waals surface area (Å²) >= 11 is 1.31. The highest BCUT2D eigenvalue weighted by atomic mass is 32.2. The van der Waals surface area contributed by atoms with Gasteiger partial charge in [-0.05, 0) is 13.8 Å². The Morgan fingerprint density at radius 1 is 1.52 bits per heavy atom. The lowest BCUT2D eigenvalue weighted by molar-refractivity contribution is 0.427. The van der Waals surface area contributed by atoms with Gasteiger partial charge < -0.3 is 10.2 Å². The molecule has 0 aliphatic heterocycles. The van der Waals surface area contributed by atoms with Crippen LogP contribution >= 0.6 is 11.3 Å². The van der Waals surface area contributed by atoms with Crippen LogP contribution < -0.4 is 10.5 Å². The predicted molar refractivity (Wildman–Crippen MR) is 77.5 cm³/mol. The average molecular weight is 327 g/mol. The molecule has 1 atom stereocenters. The van der Waals surface area contributed by atoms with Crippen LogP contribution in [0.15, 0.2) is 27.2 Å². The molecule has 0 bridgehead atoms. The highest BCUT2D eigenvalue weighted by Gasteiger charge is 2.27. The Kier molecular flexibility index (Phi) is 3.23. The van der Waals surface area contributed by atoms with Crippen LogP contribution in [0.5, 0.6) is 0 Å². The first-order valence-electron chi connectivity index (χ1n) is 6.04. The first kappa shape index (κ1) is 14.0. The zero-order valence-corrected chi connectivity index (χ0v) is 12.9. The number of nitrogens with two attached hydrogens (primary N) is 1. The van der Waals surface area contributed by atoms with Crippen LogP contribution in [0, 0.1) is 6.92 Å². The number of nitrogens with one attached hydrogen (secondary N) is 1. The largest absolute Gasteiger partial charge is 0.444 e. The van der Waals surface area contributed by atoms with Crippen molar-refractivity contribution in [2.45, 2.75) is 24.9 Å². The molecule has 0 saturated carbocycles. The molecule has 3 N–H and O–H groups in total. The van der Waals surface area contributed by atoms with E-state index in [-0.39, 0.29) is 10.8 Å². The van der Waals surface area contributed by atoms with Gasteiger partial charge in [0.1, 0.15) is 5.76 Å². The van der Waals surface area contributed by atoms with Gasteiger partial charge in [0.15, 0.2) is 15.8 Å². The number of hydrogen-bond acceptors (Lipinski definition) is 7. The lowest BCUT2D eigenvalue weighted by Crippen LogP contribution is -2.28. The van der Waals surface area contributed by atoms with Crippen molar-refractivity contribution in [2.75, 3.05) is 5.73 Å². The smallest absolute Gasteiger partial charge is 0.261 e. The van der Waals surface area contributed by atoms with E-state index in [2.05, 4.69) is 14.7 Å². The topological polar surface area (TPSA) is 116 Å². The molecule has 3 aromatic heterocycles. The Morgan fingerprint density at radius 3 is 2.95 bits per heavy atom. The number of nitrogens with zero attached hydrogens (tertiary/aromatic N) is 3. The Morgan fingerprint density at radius 2 is 2.29 bits per heavy atom. The van der Waals surface area contributed by atoms with Crippen molar-refractivity contribution in [3.8, 4) is 0 Å².